The predicted octanol–water partition coefficient (Wildman–Crippen LogP) is 3.24. The van der Waals surface area contributed by atoms with E-state index in [-0.39, 0.29) is 11.8 Å². The first-order chi connectivity index (χ1) is 10.9. The Kier molecular flexibility index (Phi) is 5.64. The molecular formula is C16H19BrN2O3S. The van der Waals surface area contributed by atoms with E-state index in [1.165, 1.54) is 0 Å². The van der Waals surface area contributed by atoms with Gasteiger partial charge in [-0.2, -0.15) is 0 Å². The van der Waals surface area contributed by atoms with Crippen molar-refractivity contribution in [1.29, 1.82) is 0 Å². The van der Waals surface area contributed by atoms with Gasteiger partial charge in [-0.1, -0.05) is 0 Å². The molecule has 0 saturated carbocycles. The minimum Gasteiger partial charge on any atom is -0.493 e. The van der Waals surface area contributed by atoms with E-state index < -0.39 is 0 Å². The van der Waals surface area contributed by atoms with Crippen LogP contribution >= 0.6 is 28.1 Å². The summed E-state index contributed by atoms with van der Waals surface area (Å²) in [5.41, 5.74) is 2.28. The normalized spacial score (nSPS) is 17.4. The van der Waals surface area contributed by atoms with Gasteiger partial charge >= 0.3 is 0 Å². The number of benzene rings is 1. The zero-order chi connectivity index (χ0) is 17.1. The van der Waals surface area contributed by atoms with E-state index in [2.05, 4.69) is 26.6 Å². The van der Waals surface area contributed by atoms with Gasteiger partial charge in [-0.15, -0.1) is 0 Å². The third kappa shape index (κ3) is 3.67. The Morgan fingerprint density at radius 3 is 2.70 bits per heavy atom. The number of hydrogen-bond acceptors (Lipinski definition) is 4. The average molecular weight is 399 g/mol. The quantitative estimate of drug-likeness (QED) is 0.742. The molecular weight excluding hydrogens is 380 g/mol. The molecule has 0 radical (unpaired) electrons. The van der Waals surface area contributed by atoms with Crippen molar-refractivity contribution in [3.63, 3.8) is 0 Å². The second-order valence-electron chi connectivity index (χ2n) is 5.09. The molecule has 1 unspecified atom stereocenters. The molecule has 0 saturated heterocycles. The average Bonchev–Trinajstić information content (AvgIpc) is 2.47. The van der Waals surface area contributed by atoms with Crippen molar-refractivity contribution >= 4 is 39.0 Å². The topological polar surface area (TPSA) is 59.6 Å². The van der Waals surface area contributed by atoms with E-state index in [1.807, 2.05) is 26.0 Å². The van der Waals surface area contributed by atoms with Gasteiger partial charge in [-0.05, 0) is 66.6 Å². The highest BCUT2D eigenvalue weighted by Gasteiger charge is 2.29. The van der Waals surface area contributed by atoms with Gasteiger partial charge in [0.15, 0.2) is 22.4 Å². The lowest BCUT2D eigenvalue weighted by Gasteiger charge is -2.30. The highest BCUT2D eigenvalue weighted by molar-refractivity contribution is 9.10. The van der Waals surface area contributed by atoms with Crippen LogP contribution in [0.3, 0.4) is 0 Å². The van der Waals surface area contributed by atoms with Crippen LogP contribution in [0.1, 0.15) is 32.4 Å². The zero-order valence-corrected chi connectivity index (χ0v) is 15.9. The van der Waals surface area contributed by atoms with Gasteiger partial charge in [0.2, 0.25) is 0 Å². The van der Waals surface area contributed by atoms with Crippen LogP contribution in [-0.4, -0.2) is 24.6 Å². The number of methoxy groups -OCH3 is 1. The first-order valence-electron chi connectivity index (χ1n) is 7.18. The van der Waals surface area contributed by atoms with Gasteiger partial charge in [0.05, 0.1) is 24.2 Å². The molecule has 5 nitrogen and oxygen atoms in total. The van der Waals surface area contributed by atoms with Crippen LogP contribution in [0.2, 0.25) is 0 Å². The van der Waals surface area contributed by atoms with Gasteiger partial charge in [0.25, 0.3) is 0 Å². The Labute approximate surface area is 149 Å². The Hall–Kier alpha value is -1.60. The molecule has 1 aliphatic heterocycles. The Bertz CT molecular complexity index is 688. The van der Waals surface area contributed by atoms with Gasteiger partial charge in [0.1, 0.15) is 0 Å². The number of ether oxygens (including phenoxy) is 2. The van der Waals surface area contributed by atoms with Gasteiger partial charge in [-0.3, -0.25) is 4.79 Å². The van der Waals surface area contributed by atoms with E-state index >= 15 is 0 Å². The van der Waals surface area contributed by atoms with Crippen molar-refractivity contribution in [1.82, 2.24) is 10.6 Å². The Morgan fingerprint density at radius 1 is 1.43 bits per heavy atom. The minimum absolute atomic E-state index is 0.0148. The first-order valence-corrected chi connectivity index (χ1v) is 8.38. The number of thiocarbonyl (C=S) groups is 1. The summed E-state index contributed by atoms with van der Waals surface area (Å²) in [7, 11) is 1.58. The summed E-state index contributed by atoms with van der Waals surface area (Å²) in [6.45, 7) is 5.83. The molecule has 0 spiro atoms. The zero-order valence-electron chi connectivity index (χ0n) is 13.5. The van der Waals surface area contributed by atoms with Crippen LogP contribution in [0.15, 0.2) is 27.9 Å². The molecule has 2 N–H and O–H groups in total. The van der Waals surface area contributed by atoms with E-state index in [4.69, 9.17) is 21.7 Å². The number of carbonyl (C=O) groups is 1. The molecule has 0 aromatic heterocycles. The third-order valence-electron chi connectivity index (χ3n) is 3.52. The highest BCUT2D eigenvalue weighted by Crippen LogP contribution is 2.40. The van der Waals surface area contributed by atoms with E-state index in [1.54, 1.807) is 14.0 Å². The third-order valence-corrected chi connectivity index (χ3v) is 4.33. The summed E-state index contributed by atoms with van der Waals surface area (Å²) in [5, 5.41) is 6.63. The molecule has 23 heavy (non-hydrogen) atoms. The molecule has 7 heteroatoms. The highest BCUT2D eigenvalue weighted by atomic mass is 79.9. The van der Waals surface area contributed by atoms with Crippen LogP contribution < -0.4 is 20.1 Å². The summed E-state index contributed by atoms with van der Waals surface area (Å²) < 4.78 is 11.8. The number of halogens is 1. The number of rotatable bonds is 5. The fourth-order valence-electron chi connectivity index (χ4n) is 2.60. The molecule has 0 fully saturated rings. The monoisotopic (exact) mass is 398 g/mol. The van der Waals surface area contributed by atoms with Crippen LogP contribution in [0.25, 0.3) is 0 Å². The van der Waals surface area contributed by atoms with Crippen molar-refractivity contribution in [2.75, 3.05) is 13.7 Å². The molecule has 2 rings (SSSR count). The number of ketones is 1. The summed E-state index contributed by atoms with van der Waals surface area (Å²) >= 11 is 8.74. The fraction of sp³-hybridized carbons (Fsp3) is 0.375. The van der Waals surface area contributed by atoms with E-state index in [0.29, 0.717) is 28.8 Å². The van der Waals surface area contributed by atoms with Crippen LogP contribution in [0.5, 0.6) is 11.5 Å². The fourth-order valence-corrected chi connectivity index (χ4v) is 3.45. The minimum atomic E-state index is -0.331. The predicted molar refractivity (Wildman–Crippen MR) is 96.9 cm³/mol. The Morgan fingerprint density at radius 2 is 2.13 bits per heavy atom. The van der Waals surface area contributed by atoms with Gasteiger partial charge < -0.3 is 20.1 Å². The first kappa shape index (κ1) is 17.7. The van der Waals surface area contributed by atoms with E-state index in [9.17, 15) is 4.79 Å². The van der Waals surface area contributed by atoms with Gasteiger partial charge in [-0.25, -0.2) is 0 Å². The number of carbonyl (C=O) groups excluding carboxylic acids is 1. The van der Waals surface area contributed by atoms with E-state index in [0.717, 1.165) is 15.7 Å². The second-order valence-corrected chi connectivity index (χ2v) is 6.36. The smallest absolute Gasteiger partial charge is 0.175 e. The molecule has 1 heterocycles. The largest absolute Gasteiger partial charge is 0.493 e. The number of hydrogen-bond donors (Lipinski definition) is 2. The lowest BCUT2D eigenvalue weighted by atomic mass is 9.93. The number of Topliss-reactive ketones (excluding diaryl/α,β-unsaturated/α-hetero) is 1. The van der Waals surface area contributed by atoms with Crippen molar-refractivity contribution in [3.8, 4) is 11.5 Å². The van der Waals surface area contributed by atoms with Crippen LogP contribution in [0.4, 0.5) is 0 Å². The summed E-state index contributed by atoms with van der Waals surface area (Å²) in [6, 6.07) is 3.44. The molecule has 1 aliphatic rings. The lowest BCUT2D eigenvalue weighted by molar-refractivity contribution is -0.114. The summed E-state index contributed by atoms with van der Waals surface area (Å²) in [6.07, 6.45) is 0. The maximum atomic E-state index is 12.1. The SMILES string of the molecule is CCOc1c(Br)cc(C2NC(=S)NC(C)=C2C(C)=O)cc1OC. The molecule has 0 bridgehead atoms. The molecule has 1 aromatic rings. The van der Waals surface area contributed by atoms with Crippen LogP contribution in [-0.2, 0) is 4.79 Å². The maximum absolute atomic E-state index is 12.1. The van der Waals surface area contributed by atoms with Crippen molar-refractivity contribution in [2.24, 2.45) is 0 Å². The van der Waals surface area contributed by atoms with Crippen LogP contribution in [0, 0.1) is 0 Å². The molecule has 124 valence electrons. The summed E-state index contributed by atoms with van der Waals surface area (Å²) in [5.74, 6) is 1.22. The van der Waals surface area contributed by atoms with Gasteiger partial charge in [0, 0.05) is 11.3 Å². The van der Waals surface area contributed by atoms with Crippen molar-refractivity contribution in [2.45, 2.75) is 26.8 Å². The van der Waals surface area contributed by atoms with Crippen molar-refractivity contribution in [3.05, 3.63) is 33.4 Å². The molecule has 1 atom stereocenters. The molecule has 0 amide bonds. The Balaban J connectivity index is 2.56. The number of allylic oxidation sites excluding steroid dienone is 1. The lowest BCUT2D eigenvalue weighted by Crippen LogP contribution is -2.44. The van der Waals surface area contributed by atoms with Crippen molar-refractivity contribution < 1.29 is 14.3 Å². The maximum Gasteiger partial charge on any atom is 0.175 e. The number of nitrogens with one attached hydrogen (secondary N) is 2. The summed E-state index contributed by atoms with van der Waals surface area (Å²) in [4.78, 5) is 12.1. The molecule has 0 aliphatic carbocycles. The second kappa shape index (κ2) is 7.31. The standard InChI is InChI=1S/C16H19BrN2O3S/c1-5-22-15-11(17)6-10(7-12(15)21-4)14-13(9(3)20)8(2)18-16(23)19-14/h6-7,14H,5H2,1-4H3,(H2,18,19,23). The molecule has 1 aromatic carbocycles.